The molecule has 24 heavy (non-hydrogen) atoms. The van der Waals surface area contributed by atoms with Crippen molar-refractivity contribution in [3.05, 3.63) is 40.7 Å². The van der Waals surface area contributed by atoms with Gasteiger partial charge in [0.15, 0.2) is 0 Å². The number of benzene rings is 1. The number of halogens is 1. The zero-order valence-corrected chi connectivity index (χ0v) is 15.7. The molecule has 1 aromatic carbocycles. The minimum absolute atomic E-state index is 0.0291. The highest BCUT2D eigenvalue weighted by Gasteiger charge is 2.35. The molecule has 0 amide bonds. The van der Waals surface area contributed by atoms with Crippen molar-refractivity contribution < 1.29 is 8.42 Å². The summed E-state index contributed by atoms with van der Waals surface area (Å²) in [6, 6.07) is 7.24. The van der Waals surface area contributed by atoms with Crippen molar-refractivity contribution in [2.24, 2.45) is 0 Å². The first-order valence-electron chi connectivity index (χ1n) is 8.16. The van der Waals surface area contributed by atoms with Gasteiger partial charge in [0.25, 0.3) is 0 Å². The molecule has 0 saturated carbocycles. The molecule has 1 aliphatic heterocycles. The number of hydrogen-bond acceptors (Lipinski definition) is 3. The van der Waals surface area contributed by atoms with E-state index in [0.29, 0.717) is 27.9 Å². The fourth-order valence-electron chi connectivity index (χ4n) is 3.38. The Bertz CT molecular complexity index is 843. The maximum absolute atomic E-state index is 13.2. The maximum Gasteiger partial charge on any atom is 0.246 e. The summed E-state index contributed by atoms with van der Waals surface area (Å²) in [5.41, 5.74) is 1.96. The Balaban J connectivity index is 2.07. The van der Waals surface area contributed by atoms with Crippen molar-refractivity contribution in [1.29, 1.82) is 0 Å². The van der Waals surface area contributed by atoms with Gasteiger partial charge in [0, 0.05) is 17.6 Å². The summed E-state index contributed by atoms with van der Waals surface area (Å²) in [6.07, 6.45) is 2.89. The fraction of sp³-hybridized carbons (Fsp3) is 0.471. The molecule has 0 radical (unpaired) electrons. The van der Waals surface area contributed by atoms with Crippen LogP contribution in [0.5, 0.6) is 0 Å². The zero-order valence-electron chi connectivity index (χ0n) is 14.2. The summed E-state index contributed by atoms with van der Waals surface area (Å²) in [5, 5.41) is 5.10. The van der Waals surface area contributed by atoms with E-state index in [4.69, 9.17) is 11.6 Å². The lowest BCUT2D eigenvalue weighted by Gasteiger charge is -2.32. The van der Waals surface area contributed by atoms with Gasteiger partial charge in [-0.2, -0.15) is 9.40 Å². The number of aromatic nitrogens is 2. The largest absolute Gasteiger partial charge is 0.246 e. The van der Waals surface area contributed by atoms with Gasteiger partial charge in [0.05, 0.1) is 17.1 Å². The van der Waals surface area contributed by atoms with E-state index in [-0.39, 0.29) is 6.04 Å². The molecule has 1 atom stereocenters. The molecule has 2 aromatic rings. The molecule has 1 fully saturated rings. The second-order valence-electron chi connectivity index (χ2n) is 6.35. The van der Waals surface area contributed by atoms with Gasteiger partial charge in [-0.3, -0.25) is 0 Å². The first-order valence-corrected chi connectivity index (χ1v) is 9.98. The zero-order chi connectivity index (χ0) is 17.5. The number of hydrogen-bond donors (Lipinski definition) is 0. The fourth-order valence-corrected chi connectivity index (χ4v) is 5.56. The standard InChI is InChI=1S/C17H22ClN3O2S/c1-12-6-4-5-11-20(12)24(22,23)17-13(2)19-21(14(17)3)16-9-7-15(18)8-10-16/h7-10,12H,4-6,11H2,1-3H3/t12-/m1/s1. The Morgan fingerprint density at radius 1 is 1.17 bits per heavy atom. The Morgan fingerprint density at radius 3 is 2.46 bits per heavy atom. The van der Waals surface area contributed by atoms with Crippen LogP contribution in [0.2, 0.25) is 5.02 Å². The molecule has 0 aliphatic carbocycles. The second-order valence-corrected chi connectivity index (χ2v) is 8.61. The minimum atomic E-state index is -3.54. The molecule has 3 rings (SSSR count). The van der Waals surface area contributed by atoms with Gasteiger partial charge in [-0.25, -0.2) is 13.1 Å². The lowest BCUT2D eigenvalue weighted by molar-refractivity contribution is 0.268. The summed E-state index contributed by atoms with van der Waals surface area (Å²) in [6.45, 7) is 6.11. The van der Waals surface area contributed by atoms with E-state index < -0.39 is 10.0 Å². The normalized spacial score (nSPS) is 19.6. The topological polar surface area (TPSA) is 55.2 Å². The number of sulfonamides is 1. The molecule has 1 aliphatic rings. The molecule has 7 heteroatoms. The summed E-state index contributed by atoms with van der Waals surface area (Å²) in [7, 11) is -3.54. The van der Waals surface area contributed by atoms with Gasteiger partial charge in [-0.1, -0.05) is 18.0 Å². The maximum atomic E-state index is 13.2. The van der Waals surface area contributed by atoms with E-state index >= 15 is 0 Å². The predicted molar refractivity (Wildman–Crippen MR) is 95.3 cm³/mol. The lowest BCUT2D eigenvalue weighted by Crippen LogP contribution is -2.42. The average molecular weight is 368 g/mol. The van der Waals surface area contributed by atoms with E-state index in [1.54, 1.807) is 35.0 Å². The van der Waals surface area contributed by atoms with Gasteiger partial charge >= 0.3 is 0 Å². The quantitative estimate of drug-likeness (QED) is 0.831. The van der Waals surface area contributed by atoms with Crippen LogP contribution in [0.1, 0.15) is 37.6 Å². The van der Waals surface area contributed by atoms with Crippen molar-refractivity contribution in [3.8, 4) is 5.69 Å². The van der Waals surface area contributed by atoms with Crippen LogP contribution in [0, 0.1) is 13.8 Å². The molecule has 0 spiro atoms. The van der Waals surface area contributed by atoms with Gasteiger partial charge in [0.2, 0.25) is 10.0 Å². The van der Waals surface area contributed by atoms with E-state index in [1.807, 2.05) is 19.1 Å². The van der Waals surface area contributed by atoms with Crippen molar-refractivity contribution in [3.63, 3.8) is 0 Å². The predicted octanol–water partition coefficient (Wildman–Crippen LogP) is 3.71. The Kier molecular flexibility index (Phi) is 4.73. The van der Waals surface area contributed by atoms with Crippen LogP contribution in [-0.4, -0.2) is 35.1 Å². The van der Waals surface area contributed by atoms with Crippen molar-refractivity contribution in [2.45, 2.75) is 51.0 Å². The van der Waals surface area contributed by atoms with Crippen molar-refractivity contribution in [2.75, 3.05) is 6.54 Å². The highest BCUT2D eigenvalue weighted by Crippen LogP contribution is 2.30. The van der Waals surface area contributed by atoms with Crippen molar-refractivity contribution >= 4 is 21.6 Å². The third-order valence-electron chi connectivity index (χ3n) is 4.60. The first-order chi connectivity index (χ1) is 11.3. The second kappa shape index (κ2) is 6.50. The number of piperidine rings is 1. The average Bonchev–Trinajstić information content (AvgIpc) is 2.83. The molecule has 2 heterocycles. The van der Waals surface area contributed by atoms with Crippen LogP contribution in [-0.2, 0) is 10.0 Å². The van der Waals surface area contributed by atoms with Gasteiger partial charge in [-0.05, 0) is 57.9 Å². The van der Waals surface area contributed by atoms with Crippen molar-refractivity contribution in [1.82, 2.24) is 14.1 Å². The van der Waals surface area contributed by atoms with E-state index in [0.717, 1.165) is 24.9 Å². The van der Waals surface area contributed by atoms with E-state index in [2.05, 4.69) is 5.10 Å². The van der Waals surface area contributed by atoms with Crippen LogP contribution in [0.15, 0.2) is 29.2 Å². The van der Waals surface area contributed by atoms with Crippen LogP contribution < -0.4 is 0 Å². The molecule has 5 nitrogen and oxygen atoms in total. The molecule has 1 saturated heterocycles. The molecule has 0 bridgehead atoms. The van der Waals surface area contributed by atoms with E-state index in [9.17, 15) is 8.42 Å². The molecule has 1 aromatic heterocycles. The highest BCUT2D eigenvalue weighted by molar-refractivity contribution is 7.89. The molecular formula is C17H22ClN3O2S. The Morgan fingerprint density at radius 2 is 1.83 bits per heavy atom. The first kappa shape index (κ1) is 17.5. The summed E-state index contributed by atoms with van der Waals surface area (Å²) in [4.78, 5) is 0.325. The third kappa shape index (κ3) is 2.98. The Labute approximate surface area is 148 Å². The highest BCUT2D eigenvalue weighted by atomic mass is 35.5. The van der Waals surface area contributed by atoms with E-state index in [1.165, 1.54) is 0 Å². The smallest absolute Gasteiger partial charge is 0.236 e. The van der Waals surface area contributed by atoms with Crippen LogP contribution in [0.3, 0.4) is 0 Å². The van der Waals surface area contributed by atoms with Crippen LogP contribution >= 0.6 is 11.6 Å². The summed E-state index contributed by atoms with van der Waals surface area (Å²) in [5.74, 6) is 0. The number of aryl methyl sites for hydroxylation is 1. The number of rotatable bonds is 3. The van der Waals surface area contributed by atoms with Gasteiger partial charge < -0.3 is 0 Å². The molecular weight excluding hydrogens is 346 g/mol. The third-order valence-corrected chi connectivity index (χ3v) is 7.12. The Hall–Kier alpha value is -1.37. The molecule has 0 unspecified atom stereocenters. The summed E-state index contributed by atoms with van der Waals surface area (Å²) < 4.78 is 29.7. The summed E-state index contributed by atoms with van der Waals surface area (Å²) >= 11 is 5.93. The number of nitrogens with zero attached hydrogens (tertiary/aromatic N) is 3. The van der Waals surface area contributed by atoms with Gasteiger partial charge in [-0.15, -0.1) is 0 Å². The van der Waals surface area contributed by atoms with Gasteiger partial charge in [0.1, 0.15) is 4.90 Å². The van der Waals surface area contributed by atoms with Crippen LogP contribution in [0.4, 0.5) is 0 Å². The minimum Gasteiger partial charge on any atom is -0.236 e. The molecule has 130 valence electrons. The lowest BCUT2D eigenvalue weighted by atomic mass is 10.1. The molecule has 0 N–H and O–H groups in total. The SMILES string of the molecule is Cc1nn(-c2ccc(Cl)cc2)c(C)c1S(=O)(=O)N1CCCC[C@H]1C. The monoisotopic (exact) mass is 367 g/mol. The van der Waals surface area contributed by atoms with Crippen LogP contribution in [0.25, 0.3) is 5.69 Å².